The van der Waals surface area contributed by atoms with Crippen molar-refractivity contribution in [3.8, 4) is 0 Å². The molecule has 7 heteroatoms. The van der Waals surface area contributed by atoms with E-state index in [0.717, 1.165) is 32.2 Å². The van der Waals surface area contributed by atoms with Gasteiger partial charge in [0.15, 0.2) is 0 Å². The van der Waals surface area contributed by atoms with Gasteiger partial charge in [0, 0.05) is 18.8 Å². The summed E-state index contributed by atoms with van der Waals surface area (Å²) in [6.07, 6.45) is 4.75. The van der Waals surface area contributed by atoms with Crippen LogP contribution in [-0.2, 0) is 4.74 Å². The topological polar surface area (TPSA) is 99.7 Å². The van der Waals surface area contributed by atoms with Gasteiger partial charge in [0.05, 0.1) is 11.2 Å². The van der Waals surface area contributed by atoms with Crippen molar-refractivity contribution in [2.24, 2.45) is 0 Å². The Balaban J connectivity index is 1.46. The highest BCUT2D eigenvalue weighted by atomic mass is 16.5. The summed E-state index contributed by atoms with van der Waals surface area (Å²) in [7, 11) is 0. The van der Waals surface area contributed by atoms with Crippen LogP contribution < -0.4 is 16.0 Å². The number of rotatable bonds is 5. The lowest BCUT2D eigenvalue weighted by molar-refractivity contribution is 0.0318. The van der Waals surface area contributed by atoms with E-state index < -0.39 is 5.60 Å². The van der Waals surface area contributed by atoms with E-state index in [1.54, 1.807) is 24.3 Å². The van der Waals surface area contributed by atoms with Crippen LogP contribution in [0, 0.1) is 0 Å². The Labute approximate surface area is 147 Å². The molecule has 1 saturated heterocycles. The first kappa shape index (κ1) is 17.7. The molecule has 1 heterocycles. The Morgan fingerprint density at radius 2 is 1.96 bits per heavy atom. The average molecular weight is 347 g/mol. The van der Waals surface area contributed by atoms with Gasteiger partial charge in [-0.15, -0.1) is 0 Å². The van der Waals surface area contributed by atoms with Gasteiger partial charge in [0.25, 0.3) is 0 Å². The number of esters is 1. The number of benzene rings is 1. The Bertz CT molecular complexity index is 605. The normalized spacial score (nSPS) is 23.4. The lowest BCUT2D eigenvalue weighted by Gasteiger charge is -2.21. The number of amides is 2. The van der Waals surface area contributed by atoms with Crippen molar-refractivity contribution >= 4 is 17.7 Å². The van der Waals surface area contributed by atoms with Gasteiger partial charge in [0.1, 0.15) is 6.10 Å². The van der Waals surface area contributed by atoms with Gasteiger partial charge in [-0.05, 0) is 62.9 Å². The monoisotopic (exact) mass is 347 g/mol. The second kappa shape index (κ2) is 7.84. The van der Waals surface area contributed by atoms with E-state index in [1.165, 1.54) is 0 Å². The van der Waals surface area contributed by atoms with Crippen LogP contribution in [0.25, 0.3) is 0 Å². The van der Waals surface area contributed by atoms with E-state index in [0.29, 0.717) is 24.2 Å². The van der Waals surface area contributed by atoms with E-state index in [1.807, 2.05) is 0 Å². The molecule has 25 heavy (non-hydrogen) atoms. The number of hydrogen-bond acceptors (Lipinski definition) is 5. The summed E-state index contributed by atoms with van der Waals surface area (Å²) < 4.78 is 5.45. The predicted molar refractivity (Wildman–Crippen MR) is 93.6 cm³/mol. The van der Waals surface area contributed by atoms with Crippen molar-refractivity contribution in [2.45, 2.75) is 43.8 Å². The number of aliphatic hydroxyl groups is 1. The van der Waals surface area contributed by atoms with Gasteiger partial charge >= 0.3 is 12.0 Å². The SMILES string of the molecule is O=C(NCC1(O)CCNC1)Nc1ccc(C(=O)OC2CCCC2)cc1. The molecule has 0 aromatic heterocycles. The lowest BCUT2D eigenvalue weighted by Crippen LogP contribution is -2.45. The maximum atomic E-state index is 12.1. The van der Waals surface area contributed by atoms with Crippen LogP contribution in [0.3, 0.4) is 0 Å². The fraction of sp³-hybridized carbons (Fsp3) is 0.556. The smallest absolute Gasteiger partial charge is 0.338 e. The second-order valence-corrected chi connectivity index (χ2v) is 6.85. The van der Waals surface area contributed by atoms with E-state index in [4.69, 9.17) is 4.74 Å². The molecule has 1 aliphatic heterocycles. The van der Waals surface area contributed by atoms with Crippen LogP contribution in [0.1, 0.15) is 42.5 Å². The van der Waals surface area contributed by atoms with E-state index in [-0.39, 0.29) is 24.6 Å². The molecule has 0 spiro atoms. The van der Waals surface area contributed by atoms with Crippen LogP contribution in [0.15, 0.2) is 24.3 Å². The molecule has 0 bridgehead atoms. The van der Waals surface area contributed by atoms with Crippen molar-refractivity contribution in [2.75, 3.05) is 25.0 Å². The molecular formula is C18H25N3O4. The first-order valence-electron chi connectivity index (χ1n) is 8.83. The Kier molecular flexibility index (Phi) is 5.55. The minimum Gasteiger partial charge on any atom is -0.459 e. The average Bonchev–Trinajstić information content (AvgIpc) is 3.26. The number of β-amino-alcohol motifs (C(OH)–C–C–N with tert-alkyl or cyclic N) is 1. The Morgan fingerprint density at radius 1 is 1.24 bits per heavy atom. The summed E-state index contributed by atoms with van der Waals surface area (Å²) in [6, 6.07) is 6.22. The first-order chi connectivity index (χ1) is 12.0. The lowest BCUT2D eigenvalue weighted by atomic mass is 10.0. The van der Waals surface area contributed by atoms with Crippen molar-refractivity contribution in [1.29, 1.82) is 0 Å². The molecule has 7 nitrogen and oxygen atoms in total. The van der Waals surface area contributed by atoms with Gasteiger partial charge < -0.3 is 25.8 Å². The zero-order valence-corrected chi connectivity index (χ0v) is 14.2. The van der Waals surface area contributed by atoms with Crippen molar-refractivity contribution < 1.29 is 19.4 Å². The highest BCUT2D eigenvalue weighted by Crippen LogP contribution is 2.22. The molecule has 4 N–H and O–H groups in total. The largest absolute Gasteiger partial charge is 0.459 e. The molecule has 2 amide bonds. The van der Waals surface area contributed by atoms with Crippen molar-refractivity contribution in [1.82, 2.24) is 10.6 Å². The molecule has 1 aliphatic carbocycles. The van der Waals surface area contributed by atoms with Gasteiger partial charge in [-0.2, -0.15) is 0 Å². The van der Waals surface area contributed by atoms with Crippen LogP contribution in [0.5, 0.6) is 0 Å². The number of anilines is 1. The van der Waals surface area contributed by atoms with Gasteiger partial charge in [-0.25, -0.2) is 9.59 Å². The molecule has 1 unspecified atom stereocenters. The van der Waals surface area contributed by atoms with E-state index in [9.17, 15) is 14.7 Å². The van der Waals surface area contributed by atoms with Crippen molar-refractivity contribution in [3.05, 3.63) is 29.8 Å². The zero-order chi connectivity index (χ0) is 17.7. The molecular weight excluding hydrogens is 322 g/mol. The quantitative estimate of drug-likeness (QED) is 0.607. The maximum Gasteiger partial charge on any atom is 0.338 e. The number of ether oxygens (including phenoxy) is 1. The molecule has 2 aliphatic rings. The summed E-state index contributed by atoms with van der Waals surface area (Å²) >= 11 is 0. The van der Waals surface area contributed by atoms with Crippen LogP contribution in [-0.4, -0.2) is 48.4 Å². The maximum absolute atomic E-state index is 12.1. The van der Waals surface area contributed by atoms with Gasteiger partial charge in [-0.3, -0.25) is 0 Å². The molecule has 2 fully saturated rings. The molecule has 1 aromatic rings. The fourth-order valence-electron chi connectivity index (χ4n) is 3.22. The summed E-state index contributed by atoms with van der Waals surface area (Å²) in [5, 5.41) is 18.6. The van der Waals surface area contributed by atoms with Crippen LogP contribution in [0.2, 0.25) is 0 Å². The highest BCUT2D eigenvalue weighted by molar-refractivity contribution is 5.92. The molecule has 1 aromatic carbocycles. The minimum atomic E-state index is -0.884. The number of urea groups is 1. The fourth-order valence-corrected chi connectivity index (χ4v) is 3.22. The number of hydrogen-bond donors (Lipinski definition) is 4. The third kappa shape index (κ3) is 4.93. The third-order valence-corrected chi connectivity index (χ3v) is 4.75. The predicted octanol–water partition coefficient (Wildman–Crippen LogP) is 1.63. The summed E-state index contributed by atoms with van der Waals surface area (Å²) in [6.45, 7) is 1.42. The van der Waals surface area contributed by atoms with Gasteiger partial charge in [-0.1, -0.05) is 0 Å². The number of nitrogens with one attached hydrogen (secondary N) is 3. The third-order valence-electron chi connectivity index (χ3n) is 4.75. The first-order valence-corrected chi connectivity index (χ1v) is 8.83. The van der Waals surface area contributed by atoms with Crippen LogP contribution in [0.4, 0.5) is 10.5 Å². The molecule has 0 radical (unpaired) electrons. The molecule has 136 valence electrons. The highest BCUT2D eigenvalue weighted by Gasteiger charge is 2.31. The standard InChI is InChI=1S/C18H25N3O4/c22-16(25-15-3-1-2-4-15)13-5-7-14(8-6-13)21-17(23)20-12-18(24)9-10-19-11-18/h5-8,15,19,24H,1-4,9-12H2,(H2,20,21,23). The summed E-state index contributed by atoms with van der Waals surface area (Å²) in [4.78, 5) is 24.0. The molecule has 3 rings (SSSR count). The summed E-state index contributed by atoms with van der Waals surface area (Å²) in [5.41, 5.74) is 0.168. The van der Waals surface area contributed by atoms with Crippen molar-refractivity contribution in [3.63, 3.8) is 0 Å². The number of carbonyl (C=O) groups excluding carboxylic acids is 2. The molecule has 1 saturated carbocycles. The second-order valence-electron chi connectivity index (χ2n) is 6.85. The van der Waals surface area contributed by atoms with Crippen LogP contribution >= 0.6 is 0 Å². The van der Waals surface area contributed by atoms with E-state index in [2.05, 4.69) is 16.0 Å². The number of carbonyl (C=O) groups is 2. The van der Waals surface area contributed by atoms with Gasteiger partial charge in [0.2, 0.25) is 0 Å². The minimum absolute atomic E-state index is 0.0342. The summed E-state index contributed by atoms with van der Waals surface area (Å²) in [5.74, 6) is -0.321. The zero-order valence-electron chi connectivity index (χ0n) is 14.2. The Morgan fingerprint density at radius 3 is 2.60 bits per heavy atom. The Hall–Kier alpha value is -2.12. The molecule has 1 atom stereocenters. The van der Waals surface area contributed by atoms with E-state index >= 15 is 0 Å².